The number of pyridine rings is 1. The number of rotatable bonds is 5. The van der Waals surface area contributed by atoms with E-state index in [1.807, 2.05) is 30.5 Å². The van der Waals surface area contributed by atoms with Crippen LogP contribution in [0, 0.1) is 0 Å². The Hall–Kier alpha value is -3.82. The van der Waals surface area contributed by atoms with E-state index in [2.05, 4.69) is 67.3 Å². The molecule has 2 aliphatic heterocycles. The zero-order valence-electron chi connectivity index (χ0n) is 19.3. The van der Waals surface area contributed by atoms with Crippen molar-refractivity contribution in [3.05, 3.63) is 67.0 Å². The molecule has 0 amide bonds. The van der Waals surface area contributed by atoms with Crippen LogP contribution >= 0.6 is 0 Å². The van der Waals surface area contributed by atoms with Gasteiger partial charge in [0.1, 0.15) is 5.75 Å². The van der Waals surface area contributed by atoms with Gasteiger partial charge in [-0.25, -0.2) is 14.7 Å². The number of hydrogen-bond donors (Lipinski definition) is 1. The van der Waals surface area contributed by atoms with Crippen molar-refractivity contribution in [1.29, 1.82) is 0 Å². The standard InChI is InChI=1S/C25H27N7O2/c1-29-12-14-30(15-13-29)32-22-16-19(34-24-23(33-2)8-5-11-26-24)9-10-20(22)28-25(32)31-21-7-4-3-6-18(21)17-27-31/h3-11,16-17,25,28H,12-15H2,1-2H3. The summed E-state index contributed by atoms with van der Waals surface area (Å²) in [4.78, 5) is 6.69. The molecule has 9 nitrogen and oxygen atoms in total. The summed E-state index contributed by atoms with van der Waals surface area (Å²) in [7, 11) is 3.78. The number of benzene rings is 2. The predicted molar refractivity (Wildman–Crippen MR) is 131 cm³/mol. The van der Waals surface area contributed by atoms with Crippen molar-refractivity contribution >= 4 is 22.3 Å². The Morgan fingerprint density at radius 2 is 1.85 bits per heavy atom. The van der Waals surface area contributed by atoms with Crippen LogP contribution in [0.5, 0.6) is 17.4 Å². The van der Waals surface area contributed by atoms with Crippen molar-refractivity contribution in [2.24, 2.45) is 0 Å². The van der Waals surface area contributed by atoms with Crippen molar-refractivity contribution in [3.63, 3.8) is 0 Å². The van der Waals surface area contributed by atoms with E-state index in [4.69, 9.17) is 14.6 Å². The number of aromatic nitrogens is 3. The molecule has 4 aromatic rings. The summed E-state index contributed by atoms with van der Waals surface area (Å²) in [5.41, 5.74) is 3.16. The second-order valence-corrected chi connectivity index (χ2v) is 8.56. The van der Waals surface area contributed by atoms with E-state index in [1.54, 1.807) is 13.3 Å². The molecule has 2 aliphatic rings. The van der Waals surface area contributed by atoms with Crippen molar-refractivity contribution in [1.82, 2.24) is 24.7 Å². The van der Waals surface area contributed by atoms with Crippen LogP contribution in [0.25, 0.3) is 10.9 Å². The van der Waals surface area contributed by atoms with Crippen LogP contribution in [-0.4, -0.2) is 65.0 Å². The molecular formula is C25H27N7O2. The molecule has 0 spiro atoms. The zero-order valence-corrected chi connectivity index (χ0v) is 19.3. The maximum atomic E-state index is 6.13. The molecule has 1 unspecified atom stereocenters. The molecular weight excluding hydrogens is 430 g/mol. The lowest BCUT2D eigenvalue weighted by molar-refractivity contribution is 0.124. The van der Waals surface area contributed by atoms with Crippen LogP contribution in [0.4, 0.5) is 11.4 Å². The maximum absolute atomic E-state index is 6.13. The second-order valence-electron chi connectivity index (χ2n) is 8.56. The van der Waals surface area contributed by atoms with Gasteiger partial charge in [-0.2, -0.15) is 5.10 Å². The first-order chi connectivity index (χ1) is 16.7. The van der Waals surface area contributed by atoms with Crippen LogP contribution in [0.3, 0.4) is 0 Å². The molecule has 1 atom stereocenters. The molecule has 1 fully saturated rings. The zero-order chi connectivity index (χ0) is 23.1. The molecule has 174 valence electrons. The van der Waals surface area contributed by atoms with Crippen molar-refractivity contribution in [3.8, 4) is 17.4 Å². The fourth-order valence-corrected chi connectivity index (χ4v) is 4.61. The number of nitrogens with zero attached hydrogens (tertiary/aromatic N) is 6. The highest BCUT2D eigenvalue weighted by atomic mass is 16.5. The molecule has 9 heteroatoms. The Kier molecular flexibility index (Phi) is 5.20. The largest absolute Gasteiger partial charge is 0.491 e. The number of anilines is 2. The van der Waals surface area contributed by atoms with Gasteiger partial charge < -0.3 is 19.7 Å². The number of piperazine rings is 1. The topological polar surface area (TPSA) is 70.9 Å². The summed E-state index contributed by atoms with van der Waals surface area (Å²) in [5.74, 6) is 1.73. The average molecular weight is 458 g/mol. The number of likely N-dealkylation sites (N-methyl/N-ethyl adjacent to an activating group) is 1. The minimum atomic E-state index is -0.182. The van der Waals surface area contributed by atoms with Gasteiger partial charge in [0.25, 0.3) is 5.88 Å². The average Bonchev–Trinajstić information content (AvgIpc) is 3.46. The van der Waals surface area contributed by atoms with Gasteiger partial charge in [0.2, 0.25) is 6.29 Å². The highest BCUT2D eigenvalue weighted by Gasteiger charge is 2.37. The number of hydrogen-bond acceptors (Lipinski definition) is 8. The quantitative estimate of drug-likeness (QED) is 0.486. The van der Waals surface area contributed by atoms with Crippen LogP contribution in [-0.2, 0) is 0 Å². The van der Waals surface area contributed by atoms with Crippen molar-refractivity contribution < 1.29 is 9.47 Å². The summed E-state index contributed by atoms with van der Waals surface area (Å²) in [6.45, 7) is 3.85. The predicted octanol–water partition coefficient (Wildman–Crippen LogP) is 3.78. The SMILES string of the molecule is COc1cccnc1Oc1ccc2c(c1)N(N1CCN(C)CC1)C(n1ncc3ccccc31)N2. The van der Waals surface area contributed by atoms with E-state index in [0.717, 1.165) is 48.5 Å². The third-order valence-corrected chi connectivity index (χ3v) is 6.42. The molecule has 1 saturated heterocycles. The van der Waals surface area contributed by atoms with Gasteiger partial charge >= 0.3 is 0 Å². The van der Waals surface area contributed by atoms with E-state index < -0.39 is 0 Å². The highest BCUT2D eigenvalue weighted by Crippen LogP contribution is 2.44. The minimum Gasteiger partial charge on any atom is -0.491 e. The van der Waals surface area contributed by atoms with Gasteiger partial charge in [0.05, 0.1) is 30.2 Å². The molecule has 2 aromatic carbocycles. The third-order valence-electron chi connectivity index (χ3n) is 6.42. The van der Waals surface area contributed by atoms with Gasteiger partial charge in [0.15, 0.2) is 5.75 Å². The summed E-state index contributed by atoms with van der Waals surface area (Å²) in [6.07, 6.45) is 3.43. The summed E-state index contributed by atoms with van der Waals surface area (Å²) >= 11 is 0. The third kappa shape index (κ3) is 3.59. The van der Waals surface area contributed by atoms with E-state index in [-0.39, 0.29) is 6.29 Å². The van der Waals surface area contributed by atoms with Crippen molar-refractivity contribution in [2.75, 3.05) is 50.7 Å². The first-order valence-corrected chi connectivity index (χ1v) is 11.4. The normalized spacial score (nSPS) is 18.6. The molecule has 0 bridgehead atoms. The fourth-order valence-electron chi connectivity index (χ4n) is 4.61. The Bertz CT molecular complexity index is 1320. The van der Waals surface area contributed by atoms with Gasteiger partial charge in [-0.1, -0.05) is 18.2 Å². The Labute approximate surface area is 198 Å². The highest BCUT2D eigenvalue weighted by molar-refractivity contribution is 5.81. The summed E-state index contributed by atoms with van der Waals surface area (Å²) < 4.78 is 13.6. The first-order valence-electron chi connectivity index (χ1n) is 11.4. The molecule has 6 rings (SSSR count). The van der Waals surface area contributed by atoms with E-state index in [9.17, 15) is 0 Å². The number of ether oxygens (including phenoxy) is 2. The van der Waals surface area contributed by atoms with E-state index >= 15 is 0 Å². The Balaban J connectivity index is 1.39. The number of methoxy groups -OCH3 is 1. The lowest BCUT2D eigenvalue weighted by atomic mass is 10.2. The van der Waals surface area contributed by atoms with E-state index in [0.29, 0.717) is 17.4 Å². The molecule has 2 aromatic heterocycles. The smallest absolute Gasteiger partial charge is 0.262 e. The van der Waals surface area contributed by atoms with Crippen molar-refractivity contribution in [2.45, 2.75) is 6.29 Å². The van der Waals surface area contributed by atoms with Gasteiger partial charge in [-0.3, -0.25) is 5.01 Å². The lowest BCUT2D eigenvalue weighted by Crippen LogP contribution is -2.54. The number of fused-ring (bicyclic) bond motifs is 2. The molecule has 0 radical (unpaired) electrons. The maximum Gasteiger partial charge on any atom is 0.262 e. The number of para-hydroxylation sites is 1. The minimum absolute atomic E-state index is 0.182. The summed E-state index contributed by atoms with van der Waals surface area (Å²) in [6, 6.07) is 18.0. The lowest BCUT2D eigenvalue weighted by Gasteiger charge is -2.41. The molecule has 4 heterocycles. The summed E-state index contributed by atoms with van der Waals surface area (Å²) in [5, 5.41) is 14.2. The van der Waals surface area contributed by atoms with Gasteiger partial charge in [-0.15, -0.1) is 0 Å². The van der Waals surface area contributed by atoms with E-state index in [1.165, 1.54) is 0 Å². The molecule has 0 aliphatic carbocycles. The number of nitrogens with one attached hydrogen (secondary N) is 1. The number of hydrazine groups is 1. The molecule has 1 N–H and O–H groups in total. The fraction of sp³-hybridized carbons (Fsp3) is 0.280. The van der Waals surface area contributed by atoms with Gasteiger partial charge in [0, 0.05) is 43.8 Å². The molecule has 0 saturated carbocycles. The Morgan fingerprint density at radius 1 is 1.00 bits per heavy atom. The first kappa shape index (κ1) is 20.8. The van der Waals surface area contributed by atoms with Crippen LogP contribution in [0.15, 0.2) is 67.0 Å². The molecule has 34 heavy (non-hydrogen) atoms. The van der Waals surface area contributed by atoms with Crippen LogP contribution in [0.2, 0.25) is 0 Å². The Morgan fingerprint density at radius 3 is 2.71 bits per heavy atom. The van der Waals surface area contributed by atoms with Gasteiger partial charge in [-0.05, 0) is 37.4 Å². The second kappa shape index (κ2) is 8.51. The monoisotopic (exact) mass is 457 g/mol. The van der Waals surface area contributed by atoms with Crippen LogP contribution < -0.4 is 19.8 Å². The van der Waals surface area contributed by atoms with Crippen LogP contribution in [0.1, 0.15) is 6.29 Å².